The number of hydrogen-bond acceptors (Lipinski definition) is 2. The molecule has 1 amide bonds. The molecule has 18 heavy (non-hydrogen) atoms. The zero-order chi connectivity index (χ0) is 13.2. The van der Waals surface area contributed by atoms with E-state index in [1.54, 1.807) is 4.90 Å². The lowest BCUT2D eigenvalue weighted by Gasteiger charge is -2.12. The average molecular weight is 251 g/mol. The molecule has 3 heteroatoms. The third-order valence-corrected chi connectivity index (χ3v) is 3.14. The molecule has 1 aromatic rings. The van der Waals surface area contributed by atoms with Gasteiger partial charge in [0.25, 0.3) is 0 Å². The number of aryl methyl sites for hydroxylation is 1. The number of rotatable bonds is 5. The molecule has 102 valence electrons. The second-order valence-corrected chi connectivity index (χ2v) is 4.80. The molecule has 1 fully saturated rings. The normalized spacial score (nSPS) is 13.9. The third-order valence-electron chi connectivity index (χ3n) is 3.14. The molecule has 0 atom stereocenters. The molecule has 0 N–H and O–H groups in total. The fourth-order valence-corrected chi connectivity index (χ4v) is 2.00. The monoisotopic (exact) mass is 251 g/mol. The van der Waals surface area contributed by atoms with Gasteiger partial charge in [-0.05, 0) is 19.4 Å². The van der Waals surface area contributed by atoms with E-state index in [-0.39, 0.29) is 0 Å². The van der Waals surface area contributed by atoms with E-state index in [1.807, 2.05) is 19.1 Å². The quantitative estimate of drug-likeness (QED) is 0.731. The predicted octanol–water partition coefficient (Wildman–Crippen LogP) is 4.30. The fourth-order valence-electron chi connectivity index (χ4n) is 2.00. The Kier molecular flexibility index (Phi) is 7.23. The number of hydrogen-bond donors (Lipinski definition) is 0. The van der Waals surface area contributed by atoms with Gasteiger partial charge in [-0.1, -0.05) is 45.4 Å². The van der Waals surface area contributed by atoms with Crippen LogP contribution in [0.25, 0.3) is 0 Å². The molecule has 0 aliphatic heterocycles. The van der Waals surface area contributed by atoms with Crippen molar-refractivity contribution < 1.29 is 9.21 Å². The molecule has 0 radical (unpaired) electrons. The van der Waals surface area contributed by atoms with E-state index in [1.165, 1.54) is 32.1 Å². The third kappa shape index (κ3) is 5.39. The van der Waals surface area contributed by atoms with E-state index in [0.717, 1.165) is 31.6 Å². The van der Waals surface area contributed by atoms with Crippen LogP contribution in [0.5, 0.6) is 0 Å². The van der Waals surface area contributed by atoms with Crippen LogP contribution in [0.3, 0.4) is 0 Å². The van der Waals surface area contributed by atoms with Gasteiger partial charge in [0.2, 0.25) is 12.3 Å². The summed E-state index contributed by atoms with van der Waals surface area (Å²) in [6.07, 6.45) is 10.4. The van der Waals surface area contributed by atoms with Crippen molar-refractivity contribution in [1.29, 1.82) is 0 Å². The fraction of sp³-hybridized carbons (Fsp3) is 0.667. The summed E-state index contributed by atoms with van der Waals surface area (Å²) < 4.78 is 5.33. The molecule has 0 aromatic carbocycles. The Morgan fingerprint density at radius 2 is 1.83 bits per heavy atom. The number of furan rings is 1. The van der Waals surface area contributed by atoms with Gasteiger partial charge in [0.1, 0.15) is 5.76 Å². The van der Waals surface area contributed by atoms with Gasteiger partial charge in [-0.3, -0.25) is 9.69 Å². The van der Waals surface area contributed by atoms with E-state index in [2.05, 4.69) is 6.92 Å². The number of carbonyl (C=O) groups is 1. The first kappa shape index (κ1) is 14.8. The van der Waals surface area contributed by atoms with Crippen LogP contribution in [-0.4, -0.2) is 13.0 Å². The predicted molar refractivity (Wildman–Crippen MR) is 74.8 cm³/mol. The van der Waals surface area contributed by atoms with Crippen molar-refractivity contribution in [3.05, 3.63) is 17.9 Å². The highest BCUT2D eigenvalue weighted by molar-refractivity contribution is 5.71. The lowest BCUT2D eigenvalue weighted by atomic mass is 10.3. The van der Waals surface area contributed by atoms with E-state index in [0.29, 0.717) is 5.88 Å². The summed E-state index contributed by atoms with van der Waals surface area (Å²) in [5, 5.41) is 0. The van der Waals surface area contributed by atoms with E-state index in [9.17, 15) is 4.79 Å². The molecule has 1 aliphatic carbocycles. The van der Waals surface area contributed by atoms with Crippen LogP contribution in [0.4, 0.5) is 5.88 Å². The molecule has 1 aliphatic rings. The summed E-state index contributed by atoms with van der Waals surface area (Å²) in [4.78, 5) is 12.3. The molecule has 1 heterocycles. The Bertz CT molecular complexity index is 321. The molecule has 3 nitrogen and oxygen atoms in total. The maximum atomic E-state index is 10.7. The summed E-state index contributed by atoms with van der Waals surface area (Å²) in [5.41, 5.74) is 0. The Morgan fingerprint density at radius 3 is 2.22 bits per heavy atom. The minimum absolute atomic E-state index is 0.640. The van der Waals surface area contributed by atoms with Crippen molar-refractivity contribution in [3.8, 4) is 0 Å². The van der Waals surface area contributed by atoms with Crippen molar-refractivity contribution in [1.82, 2.24) is 0 Å². The minimum atomic E-state index is 0.640. The topological polar surface area (TPSA) is 33.5 Å². The van der Waals surface area contributed by atoms with E-state index >= 15 is 0 Å². The first-order valence-corrected chi connectivity index (χ1v) is 7.06. The van der Waals surface area contributed by atoms with Crippen molar-refractivity contribution >= 4 is 12.3 Å². The number of carbonyl (C=O) groups excluding carboxylic acids is 1. The smallest absolute Gasteiger partial charge is 0.216 e. The van der Waals surface area contributed by atoms with Gasteiger partial charge in [-0.2, -0.15) is 0 Å². The summed E-state index contributed by atoms with van der Waals surface area (Å²) >= 11 is 0. The van der Waals surface area contributed by atoms with Crippen LogP contribution < -0.4 is 4.90 Å². The maximum Gasteiger partial charge on any atom is 0.216 e. The second-order valence-electron chi connectivity index (χ2n) is 4.80. The molecular formula is C15H25NO2. The van der Waals surface area contributed by atoms with Gasteiger partial charge in [0, 0.05) is 12.6 Å². The van der Waals surface area contributed by atoms with Crippen molar-refractivity contribution in [2.45, 2.75) is 58.8 Å². The first-order valence-electron chi connectivity index (χ1n) is 7.06. The first-order chi connectivity index (χ1) is 8.77. The number of unbranched alkanes of at least 4 members (excludes halogenated alkanes) is 1. The highest BCUT2D eigenvalue weighted by atomic mass is 16.4. The average Bonchev–Trinajstić information content (AvgIpc) is 3.04. The Balaban J connectivity index is 0.000000269. The molecule has 0 spiro atoms. The summed E-state index contributed by atoms with van der Waals surface area (Å²) in [6.45, 7) is 4.69. The lowest BCUT2D eigenvalue weighted by Crippen LogP contribution is -2.21. The number of nitrogens with zero attached hydrogens (tertiary/aromatic N) is 1. The Labute approximate surface area is 110 Å². The van der Waals surface area contributed by atoms with Crippen LogP contribution >= 0.6 is 0 Å². The van der Waals surface area contributed by atoms with Gasteiger partial charge < -0.3 is 4.42 Å². The van der Waals surface area contributed by atoms with Gasteiger partial charge >= 0.3 is 0 Å². The van der Waals surface area contributed by atoms with Crippen LogP contribution in [0.15, 0.2) is 16.5 Å². The summed E-state index contributed by atoms with van der Waals surface area (Å²) in [6, 6.07) is 3.68. The zero-order valence-electron chi connectivity index (χ0n) is 11.7. The second kappa shape index (κ2) is 8.78. The van der Waals surface area contributed by atoms with Crippen molar-refractivity contribution in [2.24, 2.45) is 0 Å². The van der Waals surface area contributed by atoms with Gasteiger partial charge in [-0.25, -0.2) is 0 Å². The molecule has 1 saturated carbocycles. The highest BCUT2D eigenvalue weighted by Gasteiger charge is 2.07. The largest absolute Gasteiger partial charge is 0.445 e. The molecule has 1 aromatic heterocycles. The summed E-state index contributed by atoms with van der Waals surface area (Å²) in [5.74, 6) is 1.47. The van der Waals surface area contributed by atoms with E-state index < -0.39 is 0 Å². The van der Waals surface area contributed by atoms with Crippen LogP contribution in [0.2, 0.25) is 0 Å². The standard InChI is InChI=1S/C10H15NO2.C5H10/c1-3-4-7-11(8-12)10-6-5-9(2)13-10;1-2-4-5-3-1/h5-6,8H,3-4,7H2,1-2H3;1-5H2. The van der Waals surface area contributed by atoms with Gasteiger partial charge in [-0.15, -0.1) is 0 Å². The Hall–Kier alpha value is -1.25. The lowest BCUT2D eigenvalue weighted by molar-refractivity contribution is -0.107. The molecular weight excluding hydrogens is 226 g/mol. The SMILES string of the molecule is C1CCCC1.CCCCN(C=O)c1ccc(C)o1. The van der Waals surface area contributed by atoms with Crippen LogP contribution in [0, 0.1) is 6.92 Å². The maximum absolute atomic E-state index is 10.7. The zero-order valence-corrected chi connectivity index (χ0v) is 11.7. The van der Waals surface area contributed by atoms with Gasteiger partial charge in [0.15, 0.2) is 0 Å². The molecule has 0 saturated heterocycles. The summed E-state index contributed by atoms with van der Waals surface area (Å²) in [7, 11) is 0. The molecule has 2 rings (SSSR count). The number of anilines is 1. The number of amides is 1. The van der Waals surface area contributed by atoms with E-state index in [4.69, 9.17) is 4.42 Å². The van der Waals surface area contributed by atoms with Crippen molar-refractivity contribution in [3.63, 3.8) is 0 Å². The van der Waals surface area contributed by atoms with Crippen LogP contribution in [-0.2, 0) is 4.79 Å². The van der Waals surface area contributed by atoms with Crippen molar-refractivity contribution in [2.75, 3.05) is 11.4 Å². The molecule has 0 bridgehead atoms. The molecule has 0 unspecified atom stereocenters. The highest BCUT2D eigenvalue weighted by Crippen LogP contribution is 2.16. The van der Waals surface area contributed by atoms with Gasteiger partial charge in [0.05, 0.1) is 0 Å². The Morgan fingerprint density at radius 1 is 1.22 bits per heavy atom. The van der Waals surface area contributed by atoms with Crippen LogP contribution in [0.1, 0.15) is 57.6 Å². The minimum Gasteiger partial charge on any atom is -0.445 e.